The molecule has 0 radical (unpaired) electrons. The molecule has 116 valence electrons. The van der Waals surface area contributed by atoms with Crippen molar-refractivity contribution in [3.63, 3.8) is 0 Å². The van der Waals surface area contributed by atoms with Gasteiger partial charge in [0.25, 0.3) is 0 Å². The van der Waals surface area contributed by atoms with Crippen molar-refractivity contribution < 1.29 is 13.2 Å². The molecule has 2 atom stereocenters. The second-order valence-electron chi connectivity index (χ2n) is 6.76. The number of likely N-dealkylation sites (N-methyl/N-ethyl adjacent to an activating group) is 1. The summed E-state index contributed by atoms with van der Waals surface area (Å²) in [5, 5.41) is 3.09. The molecule has 2 saturated heterocycles. The number of rotatable bonds is 3. The van der Waals surface area contributed by atoms with Gasteiger partial charge in [-0.2, -0.15) is 0 Å². The molecule has 5 nitrogen and oxygen atoms in total. The van der Waals surface area contributed by atoms with Gasteiger partial charge in [-0.1, -0.05) is 0 Å². The highest BCUT2D eigenvalue weighted by atomic mass is 32.2. The van der Waals surface area contributed by atoms with Crippen molar-refractivity contribution >= 4 is 15.7 Å². The SMILES string of the molecule is CNC1CCCC(C)(C)N(CC2CCS(=O)(=O)C2)C1=O. The minimum atomic E-state index is -2.88. The minimum absolute atomic E-state index is 0.0961. The van der Waals surface area contributed by atoms with Crippen LogP contribution in [0.2, 0.25) is 0 Å². The lowest BCUT2D eigenvalue weighted by Crippen LogP contribution is -2.53. The van der Waals surface area contributed by atoms with E-state index in [-0.39, 0.29) is 34.9 Å². The third-order valence-electron chi connectivity index (χ3n) is 4.69. The molecule has 0 aromatic rings. The minimum Gasteiger partial charge on any atom is -0.336 e. The molecule has 1 amide bonds. The first-order valence-corrected chi connectivity index (χ1v) is 9.26. The Labute approximate surface area is 122 Å². The number of carbonyl (C=O) groups excluding carboxylic acids is 1. The van der Waals surface area contributed by atoms with Crippen LogP contribution in [-0.2, 0) is 14.6 Å². The van der Waals surface area contributed by atoms with Gasteiger partial charge in [0.05, 0.1) is 17.5 Å². The van der Waals surface area contributed by atoms with E-state index in [9.17, 15) is 13.2 Å². The van der Waals surface area contributed by atoms with Crippen molar-refractivity contribution in [2.75, 3.05) is 25.1 Å². The Morgan fingerprint density at radius 1 is 1.35 bits per heavy atom. The van der Waals surface area contributed by atoms with Crippen molar-refractivity contribution in [1.82, 2.24) is 10.2 Å². The maximum atomic E-state index is 12.7. The third-order valence-corrected chi connectivity index (χ3v) is 6.53. The first-order valence-electron chi connectivity index (χ1n) is 7.44. The number of sulfone groups is 1. The van der Waals surface area contributed by atoms with Gasteiger partial charge in [0.2, 0.25) is 5.91 Å². The lowest BCUT2D eigenvalue weighted by molar-refractivity contribution is -0.138. The molecule has 0 aromatic heterocycles. The molecule has 2 unspecified atom stereocenters. The van der Waals surface area contributed by atoms with E-state index in [0.717, 1.165) is 19.3 Å². The molecule has 0 bridgehead atoms. The Bertz CT molecular complexity index is 473. The van der Waals surface area contributed by atoms with E-state index < -0.39 is 9.84 Å². The monoisotopic (exact) mass is 302 g/mol. The van der Waals surface area contributed by atoms with Crippen LogP contribution in [0.3, 0.4) is 0 Å². The van der Waals surface area contributed by atoms with Crippen LogP contribution in [0, 0.1) is 5.92 Å². The Morgan fingerprint density at radius 3 is 2.60 bits per heavy atom. The molecule has 0 saturated carbocycles. The van der Waals surface area contributed by atoms with E-state index in [2.05, 4.69) is 19.2 Å². The Hall–Kier alpha value is -0.620. The standard InChI is InChI=1S/C14H26N2O3S/c1-14(2)7-4-5-12(15-3)13(17)16(14)9-11-6-8-20(18,19)10-11/h11-12,15H,4-10H2,1-3H3. The quantitative estimate of drug-likeness (QED) is 0.837. The van der Waals surface area contributed by atoms with Gasteiger partial charge in [0.1, 0.15) is 0 Å². The van der Waals surface area contributed by atoms with Crippen molar-refractivity contribution in [2.24, 2.45) is 5.92 Å². The fourth-order valence-electron chi connectivity index (χ4n) is 3.36. The van der Waals surface area contributed by atoms with Gasteiger partial charge in [-0.15, -0.1) is 0 Å². The van der Waals surface area contributed by atoms with Crippen LogP contribution in [-0.4, -0.2) is 55.9 Å². The molecule has 0 aliphatic carbocycles. The molecular formula is C14H26N2O3S. The van der Waals surface area contributed by atoms with Crippen LogP contribution >= 0.6 is 0 Å². The Morgan fingerprint density at radius 2 is 2.05 bits per heavy atom. The van der Waals surface area contributed by atoms with Crippen molar-refractivity contribution in [3.8, 4) is 0 Å². The molecule has 6 heteroatoms. The maximum Gasteiger partial charge on any atom is 0.240 e. The maximum absolute atomic E-state index is 12.7. The summed E-state index contributed by atoms with van der Waals surface area (Å²) in [6, 6.07) is -0.130. The van der Waals surface area contributed by atoms with Gasteiger partial charge < -0.3 is 10.2 Å². The first-order chi connectivity index (χ1) is 9.25. The van der Waals surface area contributed by atoms with E-state index in [0.29, 0.717) is 13.0 Å². The van der Waals surface area contributed by atoms with E-state index in [1.807, 2.05) is 11.9 Å². The average molecular weight is 302 g/mol. The smallest absolute Gasteiger partial charge is 0.240 e. The fraction of sp³-hybridized carbons (Fsp3) is 0.929. The van der Waals surface area contributed by atoms with E-state index in [1.54, 1.807) is 0 Å². The lowest BCUT2D eigenvalue weighted by atomic mass is 9.95. The summed E-state index contributed by atoms with van der Waals surface area (Å²) in [5.74, 6) is 0.727. The molecule has 20 heavy (non-hydrogen) atoms. The number of hydrogen-bond donors (Lipinski definition) is 1. The van der Waals surface area contributed by atoms with Gasteiger partial charge in [0, 0.05) is 12.1 Å². The fourth-order valence-corrected chi connectivity index (χ4v) is 5.21. The van der Waals surface area contributed by atoms with Gasteiger partial charge in [-0.3, -0.25) is 4.79 Å². The highest BCUT2D eigenvalue weighted by Gasteiger charge is 2.40. The summed E-state index contributed by atoms with van der Waals surface area (Å²) in [6.07, 6.45) is 3.53. The molecule has 0 aromatic carbocycles. The van der Waals surface area contributed by atoms with Crippen LogP contribution in [0.5, 0.6) is 0 Å². The number of nitrogens with one attached hydrogen (secondary N) is 1. The predicted molar refractivity (Wildman–Crippen MR) is 79.3 cm³/mol. The second-order valence-corrected chi connectivity index (χ2v) is 8.99. The number of carbonyl (C=O) groups is 1. The second kappa shape index (κ2) is 5.64. The van der Waals surface area contributed by atoms with Gasteiger partial charge in [0.15, 0.2) is 9.84 Å². The molecule has 2 aliphatic heterocycles. The van der Waals surface area contributed by atoms with E-state index in [4.69, 9.17) is 0 Å². The van der Waals surface area contributed by atoms with Crippen molar-refractivity contribution in [3.05, 3.63) is 0 Å². The van der Waals surface area contributed by atoms with Crippen LogP contribution < -0.4 is 5.32 Å². The molecule has 2 heterocycles. The average Bonchev–Trinajstić information content (AvgIpc) is 2.65. The summed E-state index contributed by atoms with van der Waals surface area (Å²) in [7, 11) is -1.06. The van der Waals surface area contributed by atoms with Crippen LogP contribution in [0.4, 0.5) is 0 Å². The molecule has 0 spiro atoms. The van der Waals surface area contributed by atoms with Gasteiger partial charge in [-0.25, -0.2) is 8.42 Å². The number of amides is 1. The molecule has 2 fully saturated rings. The first kappa shape index (κ1) is 15.8. The van der Waals surface area contributed by atoms with Crippen LogP contribution in [0.1, 0.15) is 39.5 Å². The third kappa shape index (κ3) is 3.34. The highest BCUT2D eigenvalue weighted by Crippen LogP contribution is 2.30. The summed E-state index contributed by atoms with van der Waals surface area (Å²) in [5.41, 5.74) is -0.185. The zero-order chi connectivity index (χ0) is 15.0. The lowest BCUT2D eigenvalue weighted by Gasteiger charge is -2.39. The largest absolute Gasteiger partial charge is 0.336 e. The summed E-state index contributed by atoms with van der Waals surface area (Å²) >= 11 is 0. The van der Waals surface area contributed by atoms with E-state index in [1.165, 1.54) is 0 Å². The van der Waals surface area contributed by atoms with Crippen molar-refractivity contribution in [2.45, 2.75) is 51.1 Å². The number of hydrogen-bond acceptors (Lipinski definition) is 4. The van der Waals surface area contributed by atoms with Crippen LogP contribution in [0.25, 0.3) is 0 Å². The number of likely N-dealkylation sites (tertiary alicyclic amines) is 1. The highest BCUT2D eigenvalue weighted by molar-refractivity contribution is 7.91. The normalized spacial score (nSPS) is 33.1. The topological polar surface area (TPSA) is 66.5 Å². The molecule has 2 rings (SSSR count). The predicted octanol–water partition coefficient (Wildman–Crippen LogP) is 0.800. The zero-order valence-electron chi connectivity index (χ0n) is 12.7. The summed E-state index contributed by atoms with van der Waals surface area (Å²) in [6.45, 7) is 4.75. The molecular weight excluding hydrogens is 276 g/mol. The van der Waals surface area contributed by atoms with E-state index >= 15 is 0 Å². The Balaban J connectivity index is 2.14. The van der Waals surface area contributed by atoms with Crippen molar-refractivity contribution in [1.29, 1.82) is 0 Å². The van der Waals surface area contributed by atoms with Gasteiger partial charge >= 0.3 is 0 Å². The summed E-state index contributed by atoms with van der Waals surface area (Å²) < 4.78 is 23.2. The van der Waals surface area contributed by atoms with Gasteiger partial charge in [-0.05, 0) is 52.5 Å². The van der Waals surface area contributed by atoms with Crippen LogP contribution in [0.15, 0.2) is 0 Å². The molecule has 1 N–H and O–H groups in total. The Kier molecular flexibility index (Phi) is 4.44. The summed E-state index contributed by atoms with van der Waals surface area (Å²) in [4.78, 5) is 14.6. The zero-order valence-corrected chi connectivity index (χ0v) is 13.5. The molecule has 2 aliphatic rings. The number of nitrogens with zero attached hydrogens (tertiary/aromatic N) is 1.